The second-order valence-corrected chi connectivity index (χ2v) is 4.47. The van der Waals surface area contributed by atoms with E-state index in [2.05, 4.69) is 11.4 Å². The molecule has 0 aliphatic heterocycles. The smallest absolute Gasteiger partial charge is 0.0579 e. The third-order valence-corrected chi connectivity index (χ3v) is 3.22. The average molecular weight is 216 g/mol. The number of hydrogen-bond acceptors (Lipinski definition) is 2. The van der Waals surface area contributed by atoms with Crippen LogP contribution in [-0.4, -0.2) is 6.54 Å². The molecule has 0 amide bonds. The lowest BCUT2D eigenvalue weighted by atomic mass is 10.1. The van der Waals surface area contributed by atoms with Crippen molar-refractivity contribution in [2.75, 3.05) is 17.6 Å². The average Bonchev–Trinajstić information content (AvgIpc) is 2.77. The van der Waals surface area contributed by atoms with E-state index < -0.39 is 0 Å². The molecule has 0 bridgehead atoms. The SMILES string of the molecule is Cc1cccc(NCCC2=CCCC2)c1N. The summed E-state index contributed by atoms with van der Waals surface area (Å²) in [4.78, 5) is 0. The maximum absolute atomic E-state index is 6.00. The second kappa shape index (κ2) is 5.06. The molecule has 0 spiro atoms. The van der Waals surface area contributed by atoms with Crippen molar-refractivity contribution in [1.29, 1.82) is 0 Å². The molecule has 86 valence electrons. The van der Waals surface area contributed by atoms with Crippen molar-refractivity contribution >= 4 is 11.4 Å². The van der Waals surface area contributed by atoms with Gasteiger partial charge in [0.2, 0.25) is 0 Å². The highest BCUT2D eigenvalue weighted by atomic mass is 14.9. The number of allylic oxidation sites excluding steroid dienone is 1. The first-order chi connectivity index (χ1) is 7.77. The largest absolute Gasteiger partial charge is 0.397 e. The molecule has 16 heavy (non-hydrogen) atoms. The maximum atomic E-state index is 6.00. The van der Waals surface area contributed by atoms with Crippen LogP contribution in [0.2, 0.25) is 0 Å². The van der Waals surface area contributed by atoms with Crippen LogP contribution in [0.15, 0.2) is 29.8 Å². The summed E-state index contributed by atoms with van der Waals surface area (Å²) in [7, 11) is 0. The van der Waals surface area contributed by atoms with Gasteiger partial charge >= 0.3 is 0 Å². The van der Waals surface area contributed by atoms with E-state index in [0.717, 1.165) is 29.9 Å². The topological polar surface area (TPSA) is 38.0 Å². The Morgan fingerprint density at radius 1 is 1.38 bits per heavy atom. The fourth-order valence-corrected chi connectivity index (χ4v) is 2.16. The number of benzene rings is 1. The molecule has 1 aromatic rings. The Balaban J connectivity index is 1.87. The number of hydrogen-bond donors (Lipinski definition) is 2. The lowest BCUT2D eigenvalue weighted by Crippen LogP contribution is -2.05. The van der Waals surface area contributed by atoms with Crippen molar-refractivity contribution in [3.63, 3.8) is 0 Å². The van der Waals surface area contributed by atoms with E-state index in [1.165, 1.54) is 19.3 Å². The zero-order chi connectivity index (χ0) is 11.4. The lowest BCUT2D eigenvalue weighted by molar-refractivity contribution is 0.863. The van der Waals surface area contributed by atoms with Crippen LogP contribution in [-0.2, 0) is 0 Å². The minimum Gasteiger partial charge on any atom is -0.397 e. The van der Waals surface area contributed by atoms with Gasteiger partial charge in [-0.1, -0.05) is 23.8 Å². The number of para-hydroxylation sites is 1. The molecule has 0 fully saturated rings. The Bertz CT molecular complexity index is 394. The number of nitrogens with two attached hydrogens (primary N) is 1. The number of anilines is 2. The van der Waals surface area contributed by atoms with Crippen LogP contribution in [0, 0.1) is 6.92 Å². The molecule has 0 saturated carbocycles. The Hall–Kier alpha value is -1.44. The van der Waals surface area contributed by atoms with Gasteiger partial charge in [-0.15, -0.1) is 0 Å². The summed E-state index contributed by atoms with van der Waals surface area (Å²) in [6.07, 6.45) is 7.41. The Kier molecular flexibility index (Phi) is 3.50. The van der Waals surface area contributed by atoms with E-state index in [9.17, 15) is 0 Å². The summed E-state index contributed by atoms with van der Waals surface area (Å²) in [5, 5.41) is 3.41. The van der Waals surface area contributed by atoms with Crippen LogP contribution in [0.3, 0.4) is 0 Å². The van der Waals surface area contributed by atoms with E-state index in [4.69, 9.17) is 5.73 Å². The molecule has 0 aromatic heterocycles. The van der Waals surface area contributed by atoms with E-state index in [0.29, 0.717) is 0 Å². The molecule has 2 rings (SSSR count). The van der Waals surface area contributed by atoms with Crippen LogP contribution in [0.1, 0.15) is 31.2 Å². The van der Waals surface area contributed by atoms with Gasteiger partial charge in [-0.25, -0.2) is 0 Å². The fourth-order valence-electron chi connectivity index (χ4n) is 2.16. The number of nitrogens with one attached hydrogen (secondary N) is 1. The van der Waals surface area contributed by atoms with E-state index in [1.54, 1.807) is 5.57 Å². The summed E-state index contributed by atoms with van der Waals surface area (Å²) in [6, 6.07) is 6.13. The highest BCUT2D eigenvalue weighted by molar-refractivity contribution is 5.69. The predicted octanol–water partition coefficient (Wildman–Crippen LogP) is 3.49. The molecule has 1 aromatic carbocycles. The molecule has 0 atom stereocenters. The zero-order valence-corrected chi connectivity index (χ0v) is 9.92. The van der Waals surface area contributed by atoms with Crippen LogP contribution >= 0.6 is 0 Å². The van der Waals surface area contributed by atoms with Gasteiger partial charge in [-0.2, -0.15) is 0 Å². The third kappa shape index (κ3) is 2.57. The summed E-state index contributed by atoms with van der Waals surface area (Å²) < 4.78 is 0. The second-order valence-electron chi connectivity index (χ2n) is 4.47. The summed E-state index contributed by atoms with van der Waals surface area (Å²) in [6.45, 7) is 3.03. The molecule has 0 saturated heterocycles. The molecule has 2 heteroatoms. The Labute approximate surface area is 97.5 Å². The van der Waals surface area contributed by atoms with Crippen molar-refractivity contribution in [3.05, 3.63) is 35.4 Å². The monoisotopic (exact) mass is 216 g/mol. The third-order valence-electron chi connectivity index (χ3n) is 3.22. The van der Waals surface area contributed by atoms with Gasteiger partial charge in [0, 0.05) is 6.54 Å². The number of rotatable bonds is 4. The standard InChI is InChI=1S/C14H20N2/c1-11-5-4-8-13(14(11)15)16-10-9-12-6-2-3-7-12/h4-6,8,16H,2-3,7,9-10,15H2,1H3. The van der Waals surface area contributed by atoms with Crippen LogP contribution in [0.5, 0.6) is 0 Å². The van der Waals surface area contributed by atoms with E-state index in [1.807, 2.05) is 25.1 Å². The first-order valence-electron chi connectivity index (χ1n) is 6.04. The first-order valence-corrected chi connectivity index (χ1v) is 6.04. The van der Waals surface area contributed by atoms with Crippen molar-refractivity contribution in [2.45, 2.75) is 32.6 Å². The van der Waals surface area contributed by atoms with Gasteiger partial charge in [-0.05, 0) is 44.2 Å². The predicted molar refractivity (Wildman–Crippen MR) is 70.6 cm³/mol. The molecule has 1 aliphatic carbocycles. The van der Waals surface area contributed by atoms with Crippen molar-refractivity contribution in [2.24, 2.45) is 0 Å². The van der Waals surface area contributed by atoms with Gasteiger partial charge in [0.05, 0.1) is 11.4 Å². The maximum Gasteiger partial charge on any atom is 0.0579 e. The molecule has 3 N–H and O–H groups in total. The zero-order valence-electron chi connectivity index (χ0n) is 9.92. The summed E-state index contributed by atoms with van der Waals surface area (Å²) in [5.74, 6) is 0. The fraction of sp³-hybridized carbons (Fsp3) is 0.429. The molecule has 0 radical (unpaired) electrons. The lowest BCUT2D eigenvalue weighted by Gasteiger charge is -2.11. The van der Waals surface area contributed by atoms with Crippen molar-refractivity contribution < 1.29 is 0 Å². The number of aryl methyl sites for hydroxylation is 1. The molecule has 0 unspecified atom stereocenters. The highest BCUT2D eigenvalue weighted by Gasteiger charge is 2.05. The first kappa shape index (κ1) is 11.1. The van der Waals surface area contributed by atoms with Crippen LogP contribution in [0.4, 0.5) is 11.4 Å². The Morgan fingerprint density at radius 2 is 2.25 bits per heavy atom. The normalized spacial score (nSPS) is 14.9. The van der Waals surface area contributed by atoms with Gasteiger partial charge < -0.3 is 11.1 Å². The quantitative estimate of drug-likeness (QED) is 0.597. The van der Waals surface area contributed by atoms with Crippen molar-refractivity contribution in [1.82, 2.24) is 0 Å². The van der Waals surface area contributed by atoms with Gasteiger partial charge in [0.1, 0.15) is 0 Å². The van der Waals surface area contributed by atoms with E-state index in [-0.39, 0.29) is 0 Å². The van der Waals surface area contributed by atoms with Gasteiger partial charge in [0.15, 0.2) is 0 Å². The molecular formula is C14H20N2. The molecule has 2 nitrogen and oxygen atoms in total. The summed E-state index contributed by atoms with van der Waals surface area (Å²) >= 11 is 0. The minimum absolute atomic E-state index is 0.878. The molecule has 1 aliphatic rings. The molecular weight excluding hydrogens is 196 g/mol. The number of nitrogen functional groups attached to an aromatic ring is 1. The van der Waals surface area contributed by atoms with Crippen LogP contribution < -0.4 is 11.1 Å². The highest BCUT2D eigenvalue weighted by Crippen LogP contribution is 2.23. The van der Waals surface area contributed by atoms with Crippen LogP contribution in [0.25, 0.3) is 0 Å². The van der Waals surface area contributed by atoms with E-state index >= 15 is 0 Å². The van der Waals surface area contributed by atoms with Crippen molar-refractivity contribution in [3.8, 4) is 0 Å². The molecule has 0 heterocycles. The minimum atomic E-state index is 0.878. The Morgan fingerprint density at radius 3 is 3.00 bits per heavy atom. The summed E-state index contributed by atoms with van der Waals surface area (Å²) in [5.41, 5.74) is 10.7. The van der Waals surface area contributed by atoms with Gasteiger partial charge in [0.25, 0.3) is 0 Å². The van der Waals surface area contributed by atoms with Gasteiger partial charge in [-0.3, -0.25) is 0 Å².